The highest BCUT2D eigenvalue weighted by Gasteiger charge is 1.89. The molecule has 0 amide bonds. The molecule has 0 unspecified atom stereocenters. The molecule has 0 aliphatic carbocycles. The molecule has 0 bridgehead atoms. The van der Waals surface area contributed by atoms with Gasteiger partial charge >= 0.3 is 0 Å². The second kappa shape index (κ2) is 4.88. The smallest absolute Gasteiger partial charge is 0.0748 e. The highest BCUT2D eigenvalue weighted by Crippen LogP contribution is 2.03. The van der Waals surface area contributed by atoms with Gasteiger partial charge in [0.05, 0.1) is 15.7 Å². The van der Waals surface area contributed by atoms with Crippen molar-refractivity contribution in [3.63, 3.8) is 0 Å². The van der Waals surface area contributed by atoms with E-state index in [1.54, 1.807) is 6.08 Å². The van der Waals surface area contributed by atoms with Crippen LogP contribution in [0.4, 0.5) is 4.39 Å². The zero-order valence-corrected chi connectivity index (χ0v) is 9.26. The first-order chi connectivity index (χ1) is 5.79. The van der Waals surface area contributed by atoms with Crippen molar-refractivity contribution in [1.29, 1.82) is 0 Å². The van der Waals surface area contributed by atoms with Gasteiger partial charge in [-0.1, -0.05) is 36.4 Å². The molecule has 1 aromatic rings. The lowest BCUT2D eigenvalue weighted by Gasteiger charge is -1.95. The van der Waals surface area contributed by atoms with Gasteiger partial charge in [0, 0.05) is 0 Å². The number of hydrogen-bond donors (Lipinski definition) is 0. The molecule has 0 atom stereocenters. The lowest BCUT2D eigenvalue weighted by molar-refractivity contribution is 0.686. The predicted octanol–water partition coefficient (Wildman–Crippen LogP) is 1.80. The van der Waals surface area contributed by atoms with Crippen LogP contribution in [0.3, 0.4) is 0 Å². The van der Waals surface area contributed by atoms with Gasteiger partial charge in [-0.2, -0.15) is 0 Å². The Balaban J connectivity index is 2.39. The minimum Gasteiger partial charge on any atom is -0.219 e. The standard InChI is InChI=1S/C10H13FSi/c11-10(12)8-4-7-9-5-2-1-3-6-9/h1-3,5-6,8H,4,7H2,12H3. The van der Waals surface area contributed by atoms with E-state index in [9.17, 15) is 4.39 Å². The first kappa shape index (κ1) is 9.20. The molecule has 12 heavy (non-hydrogen) atoms. The highest BCUT2D eigenvalue weighted by atomic mass is 28.1. The van der Waals surface area contributed by atoms with Crippen LogP contribution in [0.25, 0.3) is 0 Å². The van der Waals surface area contributed by atoms with E-state index < -0.39 is 0 Å². The summed E-state index contributed by atoms with van der Waals surface area (Å²) in [6, 6.07) is 10.1. The molecular weight excluding hydrogens is 167 g/mol. The first-order valence-electron chi connectivity index (χ1n) is 4.15. The number of hydrogen-bond acceptors (Lipinski definition) is 0. The minimum atomic E-state index is 0.0472. The number of benzene rings is 1. The SMILES string of the molecule is FC([SiH3])=CCCc1ccccc1. The van der Waals surface area contributed by atoms with Gasteiger partial charge in [-0.3, -0.25) is 0 Å². The van der Waals surface area contributed by atoms with Crippen molar-refractivity contribution in [2.45, 2.75) is 12.8 Å². The number of rotatable bonds is 3. The van der Waals surface area contributed by atoms with Crippen molar-refractivity contribution in [2.24, 2.45) is 0 Å². The molecule has 0 fully saturated rings. The number of allylic oxidation sites excluding steroid dienone is 1. The van der Waals surface area contributed by atoms with Gasteiger partial charge in [0.15, 0.2) is 0 Å². The Labute approximate surface area is 75.5 Å². The van der Waals surface area contributed by atoms with Crippen LogP contribution < -0.4 is 0 Å². The molecule has 0 saturated heterocycles. The third-order valence-electron chi connectivity index (χ3n) is 1.70. The minimum absolute atomic E-state index is 0.0472. The number of halogens is 1. The molecule has 0 N–H and O–H groups in total. The maximum absolute atomic E-state index is 12.3. The van der Waals surface area contributed by atoms with Crippen molar-refractivity contribution in [1.82, 2.24) is 0 Å². The summed E-state index contributed by atoms with van der Waals surface area (Å²) in [5.74, 6) is 0. The topological polar surface area (TPSA) is 0 Å². The van der Waals surface area contributed by atoms with E-state index in [1.807, 2.05) is 18.2 Å². The molecule has 1 rings (SSSR count). The van der Waals surface area contributed by atoms with Gasteiger partial charge in [0.25, 0.3) is 0 Å². The molecule has 0 saturated carbocycles. The normalized spacial score (nSPS) is 11.9. The predicted molar refractivity (Wildman–Crippen MR) is 53.9 cm³/mol. The average Bonchev–Trinajstić information content (AvgIpc) is 2.05. The van der Waals surface area contributed by atoms with Crippen LogP contribution in [0, 0.1) is 0 Å². The molecule has 0 heterocycles. The van der Waals surface area contributed by atoms with Crippen LogP contribution in [-0.4, -0.2) is 10.2 Å². The Morgan fingerprint density at radius 2 is 2.00 bits per heavy atom. The van der Waals surface area contributed by atoms with Crippen molar-refractivity contribution in [3.05, 3.63) is 47.4 Å². The molecule has 0 aliphatic rings. The maximum Gasteiger partial charge on any atom is 0.0748 e. The Morgan fingerprint density at radius 1 is 1.33 bits per heavy atom. The van der Waals surface area contributed by atoms with Crippen molar-refractivity contribution in [3.8, 4) is 0 Å². The van der Waals surface area contributed by atoms with E-state index >= 15 is 0 Å². The fourth-order valence-electron chi connectivity index (χ4n) is 1.08. The fraction of sp³-hybridized carbons (Fsp3) is 0.200. The van der Waals surface area contributed by atoms with Gasteiger partial charge in [0.2, 0.25) is 0 Å². The Kier molecular flexibility index (Phi) is 3.74. The summed E-state index contributed by atoms with van der Waals surface area (Å²) in [7, 11) is 0.540. The number of aryl methyl sites for hydroxylation is 1. The van der Waals surface area contributed by atoms with Gasteiger partial charge in [0.1, 0.15) is 0 Å². The van der Waals surface area contributed by atoms with Crippen molar-refractivity contribution >= 4 is 10.2 Å². The Hall–Kier alpha value is -0.893. The third-order valence-corrected chi connectivity index (χ3v) is 2.11. The summed E-state index contributed by atoms with van der Waals surface area (Å²) in [5, 5.41) is 0. The fourth-order valence-corrected chi connectivity index (χ4v) is 1.37. The van der Waals surface area contributed by atoms with E-state index in [0.29, 0.717) is 10.2 Å². The van der Waals surface area contributed by atoms with Crippen molar-refractivity contribution < 1.29 is 4.39 Å². The zero-order chi connectivity index (χ0) is 8.81. The molecule has 1 aromatic carbocycles. The van der Waals surface area contributed by atoms with Gasteiger partial charge in [-0.25, -0.2) is 4.39 Å². The molecule has 2 heteroatoms. The van der Waals surface area contributed by atoms with Crippen LogP contribution in [0.15, 0.2) is 41.9 Å². The lowest BCUT2D eigenvalue weighted by atomic mass is 10.1. The second-order valence-electron chi connectivity index (χ2n) is 2.82. The molecule has 0 nitrogen and oxygen atoms in total. The first-order valence-corrected chi connectivity index (χ1v) is 5.15. The Morgan fingerprint density at radius 3 is 2.58 bits per heavy atom. The molecule has 0 aromatic heterocycles. The summed E-state index contributed by atoms with van der Waals surface area (Å²) >= 11 is 0. The van der Waals surface area contributed by atoms with Crippen LogP contribution in [0.1, 0.15) is 12.0 Å². The van der Waals surface area contributed by atoms with Gasteiger partial charge in [-0.15, -0.1) is 0 Å². The summed E-state index contributed by atoms with van der Waals surface area (Å²) in [6.07, 6.45) is 3.44. The van der Waals surface area contributed by atoms with Gasteiger partial charge < -0.3 is 0 Å². The largest absolute Gasteiger partial charge is 0.219 e. The lowest BCUT2D eigenvalue weighted by Crippen LogP contribution is -1.82. The van der Waals surface area contributed by atoms with E-state index in [2.05, 4.69) is 12.1 Å². The van der Waals surface area contributed by atoms with Gasteiger partial charge in [-0.05, 0) is 18.4 Å². The summed E-state index contributed by atoms with van der Waals surface area (Å²) < 4.78 is 12.3. The summed E-state index contributed by atoms with van der Waals surface area (Å²) in [5.41, 5.74) is 1.32. The molecule has 0 radical (unpaired) electrons. The summed E-state index contributed by atoms with van der Waals surface area (Å²) in [6.45, 7) is 0. The second-order valence-corrected chi connectivity index (χ2v) is 3.77. The van der Waals surface area contributed by atoms with Crippen LogP contribution in [-0.2, 0) is 6.42 Å². The molecule has 64 valence electrons. The van der Waals surface area contributed by atoms with Crippen LogP contribution in [0.2, 0.25) is 0 Å². The van der Waals surface area contributed by atoms with Crippen LogP contribution >= 0.6 is 0 Å². The third kappa shape index (κ3) is 3.48. The maximum atomic E-state index is 12.3. The van der Waals surface area contributed by atoms with E-state index in [-0.39, 0.29) is 5.45 Å². The zero-order valence-electron chi connectivity index (χ0n) is 7.26. The quantitative estimate of drug-likeness (QED) is 0.622. The van der Waals surface area contributed by atoms with Crippen LogP contribution in [0.5, 0.6) is 0 Å². The highest BCUT2D eigenvalue weighted by molar-refractivity contribution is 6.19. The summed E-state index contributed by atoms with van der Waals surface area (Å²) in [4.78, 5) is 0. The van der Waals surface area contributed by atoms with Crippen molar-refractivity contribution in [2.75, 3.05) is 0 Å². The van der Waals surface area contributed by atoms with E-state index in [1.165, 1.54) is 5.56 Å². The molecule has 0 aliphatic heterocycles. The monoisotopic (exact) mass is 180 g/mol. The molecule has 0 spiro atoms. The van der Waals surface area contributed by atoms with E-state index in [0.717, 1.165) is 12.8 Å². The molecular formula is C10H13FSi. The van der Waals surface area contributed by atoms with E-state index in [4.69, 9.17) is 0 Å². The average molecular weight is 180 g/mol. The Bertz CT molecular complexity index is 250.